The monoisotopic (exact) mass is 252 g/mol. The van der Waals surface area contributed by atoms with Crippen LogP contribution in [-0.4, -0.2) is 30.5 Å². The Balaban J connectivity index is 2.58. The number of nitro groups is 1. The molecule has 0 amide bonds. The van der Waals surface area contributed by atoms with E-state index in [1.807, 2.05) is 0 Å². The highest BCUT2D eigenvalue weighted by Gasteiger charge is 2.13. The van der Waals surface area contributed by atoms with Gasteiger partial charge in [0.1, 0.15) is 0 Å². The van der Waals surface area contributed by atoms with Crippen molar-refractivity contribution in [1.29, 1.82) is 0 Å². The summed E-state index contributed by atoms with van der Waals surface area (Å²) < 4.78 is 4.88. The first-order valence-electron chi connectivity index (χ1n) is 5.56. The van der Waals surface area contributed by atoms with Crippen molar-refractivity contribution in [3.63, 3.8) is 0 Å². The van der Waals surface area contributed by atoms with E-state index in [0.29, 0.717) is 18.6 Å². The van der Waals surface area contributed by atoms with Crippen LogP contribution in [0, 0.1) is 10.1 Å². The number of ketones is 1. The van der Waals surface area contributed by atoms with E-state index < -0.39 is 4.92 Å². The van der Waals surface area contributed by atoms with Gasteiger partial charge in [0.25, 0.3) is 5.69 Å². The highest BCUT2D eigenvalue weighted by molar-refractivity contribution is 5.96. The molecular formula is C12H16N2O4. The van der Waals surface area contributed by atoms with Crippen LogP contribution >= 0.6 is 0 Å². The predicted molar refractivity (Wildman–Crippen MR) is 66.5 cm³/mol. The second kappa shape index (κ2) is 6.83. The van der Waals surface area contributed by atoms with Gasteiger partial charge in [-0.3, -0.25) is 14.9 Å². The molecule has 0 saturated carbocycles. The number of non-ortho nitro benzene ring substituents is 1. The molecule has 1 aromatic rings. The zero-order valence-corrected chi connectivity index (χ0v) is 10.2. The molecule has 0 spiro atoms. The molecule has 1 unspecified atom stereocenters. The number of nitrogens with zero attached hydrogens (tertiary/aromatic N) is 1. The van der Waals surface area contributed by atoms with E-state index in [0.717, 1.165) is 0 Å². The highest BCUT2D eigenvalue weighted by Crippen LogP contribution is 2.14. The number of carbonyl (C=O) groups excluding carboxylic acids is 1. The second-order valence-electron chi connectivity index (χ2n) is 3.97. The minimum atomic E-state index is -0.501. The molecule has 1 aromatic carbocycles. The lowest BCUT2D eigenvalue weighted by Crippen LogP contribution is -2.25. The summed E-state index contributed by atoms with van der Waals surface area (Å²) in [5.74, 6) is -0.117. The molecule has 0 radical (unpaired) electrons. The third-order valence-electron chi connectivity index (χ3n) is 2.54. The molecule has 1 atom stereocenters. The van der Waals surface area contributed by atoms with Crippen molar-refractivity contribution in [2.45, 2.75) is 18.9 Å². The first kappa shape index (κ1) is 14.3. The molecule has 0 fully saturated rings. The minimum Gasteiger partial charge on any atom is -0.385 e. The molecule has 98 valence electrons. The summed E-state index contributed by atoms with van der Waals surface area (Å²) in [6.45, 7) is 0.509. The van der Waals surface area contributed by atoms with Gasteiger partial charge in [-0.25, -0.2) is 0 Å². The largest absolute Gasteiger partial charge is 0.385 e. The van der Waals surface area contributed by atoms with Gasteiger partial charge in [-0.1, -0.05) is 0 Å². The van der Waals surface area contributed by atoms with E-state index in [1.165, 1.54) is 24.3 Å². The van der Waals surface area contributed by atoms with Crippen molar-refractivity contribution >= 4 is 11.5 Å². The first-order chi connectivity index (χ1) is 8.54. The van der Waals surface area contributed by atoms with Gasteiger partial charge in [0.2, 0.25) is 0 Å². The Kier molecular flexibility index (Phi) is 5.41. The number of ether oxygens (including phenoxy) is 1. The molecule has 0 aliphatic carbocycles. The molecule has 0 bridgehead atoms. The summed E-state index contributed by atoms with van der Waals surface area (Å²) in [7, 11) is 1.57. The van der Waals surface area contributed by atoms with Crippen LogP contribution in [0.15, 0.2) is 24.3 Å². The first-order valence-corrected chi connectivity index (χ1v) is 5.56. The molecular weight excluding hydrogens is 236 g/mol. The number of rotatable bonds is 7. The van der Waals surface area contributed by atoms with Crippen LogP contribution in [0.4, 0.5) is 5.69 Å². The standard InChI is InChI=1S/C12H16N2O4/c1-18-7-6-10(13)8-12(15)9-2-4-11(5-3-9)14(16)17/h2-5,10H,6-8,13H2,1H3. The van der Waals surface area contributed by atoms with Crippen molar-refractivity contribution in [2.75, 3.05) is 13.7 Å². The normalized spacial score (nSPS) is 12.1. The van der Waals surface area contributed by atoms with Crippen LogP contribution in [0.2, 0.25) is 0 Å². The Morgan fingerprint density at radius 1 is 1.44 bits per heavy atom. The number of nitro benzene ring substituents is 1. The fourth-order valence-electron chi connectivity index (χ4n) is 1.50. The van der Waals surface area contributed by atoms with E-state index in [-0.39, 0.29) is 23.9 Å². The molecule has 0 saturated heterocycles. The van der Waals surface area contributed by atoms with Gasteiger partial charge in [0, 0.05) is 43.9 Å². The number of Topliss-reactive ketones (excluding diaryl/α,β-unsaturated/α-hetero) is 1. The average Bonchev–Trinajstić information content (AvgIpc) is 2.36. The van der Waals surface area contributed by atoms with Gasteiger partial charge < -0.3 is 10.5 Å². The number of nitrogens with two attached hydrogens (primary N) is 1. The number of carbonyl (C=O) groups is 1. The molecule has 1 rings (SSSR count). The van der Waals surface area contributed by atoms with E-state index >= 15 is 0 Å². The lowest BCUT2D eigenvalue weighted by atomic mass is 10.0. The Labute approximate surface area is 105 Å². The van der Waals surface area contributed by atoms with Gasteiger partial charge in [-0.05, 0) is 18.6 Å². The van der Waals surface area contributed by atoms with E-state index in [1.54, 1.807) is 7.11 Å². The molecule has 18 heavy (non-hydrogen) atoms. The van der Waals surface area contributed by atoms with Crippen molar-refractivity contribution < 1.29 is 14.5 Å². The van der Waals surface area contributed by atoms with Gasteiger partial charge in [-0.15, -0.1) is 0 Å². The van der Waals surface area contributed by atoms with E-state index in [9.17, 15) is 14.9 Å². The second-order valence-corrected chi connectivity index (χ2v) is 3.97. The maximum atomic E-state index is 11.8. The molecule has 0 aromatic heterocycles. The topological polar surface area (TPSA) is 95.5 Å². The third kappa shape index (κ3) is 4.23. The Hall–Kier alpha value is -1.79. The predicted octanol–water partition coefficient (Wildman–Crippen LogP) is 1.53. The SMILES string of the molecule is COCCC(N)CC(=O)c1ccc([N+](=O)[O-])cc1. The van der Waals surface area contributed by atoms with Gasteiger partial charge in [-0.2, -0.15) is 0 Å². The van der Waals surface area contributed by atoms with Crippen molar-refractivity contribution in [2.24, 2.45) is 5.73 Å². The Bertz CT molecular complexity index is 417. The third-order valence-corrected chi connectivity index (χ3v) is 2.54. The van der Waals surface area contributed by atoms with E-state index in [4.69, 9.17) is 10.5 Å². The van der Waals surface area contributed by atoms with Crippen LogP contribution in [0.1, 0.15) is 23.2 Å². The molecule has 0 aliphatic heterocycles. The van der Waals surface area contributed by atoms with Crippen LogP contribution < -0.4 is 5.73 Å². The fraction of sp³-hybridized carbons (Fsp3) is 0.417. The molecule has 6 nitrogen and oxygen atoms in total. The summed E-state index contributed by atoms with van der Waals surface area (Å²) in [6, 6.07) is 5.27. The van der Waals surface area contributed by atoms with Crippen LogP contribution in [0.5, 0.6) is 0 Å². The van der Waals surface area contributed by atoms with Crippen molar-refractivity contribution in [1.82, 2.24) is 0 Å². The Morgan fingerprint density at radius 3 is 2.56 bits per heavy atom. The highest BCUT2D eigenvalue weighted by atomic mass is 16.6. The smallest absolute Gasteiger partial charge is 0.269 e. The number of hydrogen-bond donors (Lipinski definition) is 1. The molecule has 6 heteroatoms. The van der Waals surface area contributed by atoms with Gasteiger partial charge >= 0.3 is 0 Å². The van der Waals surface area contributed by atoms with Gasteiger partial charge in [0.05, 0.1) is 4.92 Å². The van der Waals surface area contributed by atoms with Gasteiger partial charge in [0.15, 0.2) is 5.78 Å². The van der Waals surface area contributed by atoms with Crippen LogP contribution in [0.25, 0.3) is 0 Å². The van der Waals surface area contributed by atoms with Crippen LogP contribution in [-0.2, 0) is 4.74 Å². The molecule has 0 heterocycles. The van der Waals surface area contributed by atoms with Crippen molar-refractivity contribution in [3.05, 3.63) is 39.9 Å². The maximum absolute atomic E-state index is 11.8. The summed E-state index contributed by atoms with van der Waals surface area (Å²) in [5.41, 5.74) is 6.17. The lowest BCUT2D eigenvalue weighted by molar-refractivity contribution is -0.384. The fourth-order valence-corrected chi connectivity index (χ4v) is 1.50. The summed E-state index contributed by atoms with van der Waals surface area (Å²) >= 11 is 0. The summed E-state index contributed by atoms with van der Waals surface area (Å²) in [6.07, 6.45) is 0.816. The minimum absolute atomic E-state index is 0.0322. The number of benzene rings is 1. The maximum Gasteiger partial charge on any atom is 0.269 e. The average molecular weight is 252 g/mol. The number of methoxy groups -OCH3 is 1. The number of hydrogen-bond acceptors (Lipinski definition) is 5. The quantitative estimate of drug-likeness (QED) is 0.451. The van der Waals surface area contributed by atoms with E-state index in [2.05, 4.69) is 0 Å². The lowest BCUT2D eigenvalue weighted by Gasteiger charge is -2.09. The summed E-state index contributed by atoms with van der Waals surface area (Å²) in [4.78, 5) is 21.8. The summed E-state index contributed by atoms with van der Waals surface area (Å²) in [5, 5.41) is 10.5. The zero-order valence-electron chi connectivity index (χ0n) is 10.2. The van der Waals surface area contributed by atoms with Crippen LogP contribution in [0.3, 0.4) is 0 Å². The zero-order chi connectivity index (χ0) is 13.5. The Morgan fingerprint density at radius 2 is 2.06 bits per heavy atom. The van der Waals surface area contributed by atoms with Crippen molar-refractivity contribution in [3.8, 4) is 0 Å². The molecule has 2 N–H and O–H groups in total. The molecule has 0 aliphatic rings.